The van der Waals surface area contributed by atoms with Gasteiger partial charge >= 0.3 is 12.3 Å². The lowest BCUT2D eigenvalue weighted by atomic mass is 10.0. The molecule has 0 atom stereocenters. The van der Waals surface area contributed by atoms with Crippen molar-refractivity contribution in [3.63, 3.8) is 0 Å². The van der Waals surface area contributed by atoms with Crippen LogP contribution in [0.4, 0.5) is 28.0 Å². The van der Waals surface area contributed by atoms with Gasteiger partial charge in [0, 0.05) is 31.4 Å². The fraction of sp³-hybridized carbons (Fsp3) is 0.350. The molecule has 8 heteroatoms. The number of hydrogen-bond acceptors (Lipinski definition) is 2. The van der Waals surface area contributed by atoms with E-state index in [0.29, 0.717) is 37.2 Å². The molecule has 1 saturated heterocycles. The van der Waals surface area contributed by atoms with E-state index in [1.54, 1.807) is 18.2 Å². The molecule has 1 aliphatic heterocycles. The fourth-order valence-electron chi connectivity index (χ4n) is 3.48. The first-order chi connectivity index (χ1) is 13.2. The predicted octanol–water partition coefficient (Wildman–Crippen LogP) is 4.99. The minimum Gasteiger partial charge on any atom is -0.465 e. The van der Waals surface area contributed by atoms with Gasteiger partial charge in [-0.1, -0.05) is 12.1 Å². The van der Waals surface area contributed by atoms with E-state index in [0.717, 1.165) is 12.1 Å². The lowest BCUT2D eigenvalue weighted by Crippen LogP contribution is -2.46. The second-order valence-electron chi connectivity index (χ2n) is 6.80. The second-order valence-corrected chi connectivity index (χ2v) is 6.80. The average Bonchev–Trinajstić information content (AvgIpc) is 2.67. The van der Waals surface area contributed by atoms with Gasteiger partial charge in [0.25, 0.3) is 0 Å². The number of carbonyl (C=O) groups is 1. The molecule has 1 N–H and O–H groups in total. The summed E-state index contributed by atoms with van der Waals surface area (Å²) in [6, 6.07) is 10.9. The first kappa shape index (κ1) is 20.0. The molecule has 0 radical (unpaired) electrons. The van der Waals surface area contributed by atoms with Crippen LogP contribution in [0.25, 0.3) is 0 Å². The summed E-state index contributed by atoms with van der Waals surface area (Å²) >= 11 is 0. The van der Waals surface area contributed by atoms with E-state index < -0.39 is 23.7 Å². The van der Waals surface area contributed by atoms with Crippen LogP contribution in [0.5, 0.6) is 0 Å². The Balaban J connectivity index is 1.85. The number of anilines is 1. The predicted molar refractivity (Wildman–Crippen MR) is 96.6 cm³/mol. The van der Waals surface area contributed by atoms with Crippen LogP contribution in [0.3, 0.4) is 0 Å². The summed E-state index contributed by atoms with van der Waals surface area (Å²) in [5, 5.41) is 9.12. The van der Waals surface area contributed by atoms with Crippen molar-refractivity contribution < 1.29 is 27.5 Å². The average molecular weight is 396 g/mol. The molecule has 1 aliphatic rings. The van der Waals surface area contributed by atoms with Crippen LogP contribution in [-0.2, 0) is 12.7 Å². The Labute approximate surface area is 160 Å². The van der Waals surface area contributed by atoms with Gasteiger partial charge in [0.1, 0.15) is 5.82 Å². The number of halogens is 4. The summed E-state index contributed by atoms with van der Waals surface area (Å²) in [4.78, 5) is 14.4. The van der Waals surface area contributed by atoms with E-state index in [1.807, 2.05) is 4.90 Å². The number of hydrogen-bond donors (Lipinski definition) is 1. The van der Waals surface area contributed by atoms with Gasteiger partial charge in [-0.15, -0.1) is 0 Å². The van der Waals surface area contributed by atoms with E-state index in [2.05, 4.69) is 0 Å². The first-order valence-corrected chi connectivity index (χ1v) is 8.90. The van der Waals surface area contributed by atoms with Crippen LogP contribution in [0, 0.1) is 5.82 Å². The summed E-state index contributed by atoms with van der Waals surface area (Å²) < 4.78 is 52.4. The Morgan fingerprint density at radius 1 is 1.11 bits per heavy atom. The van der Waals surface area contributed by atoms with E-state index >= 15 is 0 Å². The number of rotatable bonds is 4. The minimum absolute atomic E-state index is 0.0596. The molecule has 28 heavy (non-hydrogen) atoms. The Hall–Kier alpha value is -2.77. The second kappa shape index (κ2) is 8.08. The lowest BCUT2D eigenvalue weighted by Gasteiger charge is -2.39. The van der Waals surface area contributed by atoms with Crippen molar-refractivity contribution in [2.24, 2.45) is 0 Å². The van der Waals surface area contributed by atoms with E-state index in [9.17, 15) is 22.4 Å². The van der Waals surface area contributed by atoms with E-state index in [4.69, 9.17) is 5.11 Å². The van der Waals surface area contributed by atoms with Crippen LogP contribution in [0.15, 0.2) is 48.5 Å². The molecular formula is C20H20F4N2O2. The number of carboxylic acid groups (broad SMARTS) is 1. The number of likely N-dealkylation sites (tertiary alicyclic amines) is 1. The Morgan fingerprint density at radius 3 is 2.32 bits per heavy atom. The van der Waals surface area contributed by atoms with Gasteiger partial charge in [0.15, 0.2) is 0 Å². The van der Waals surface area contributed by atoms with E-state index in [1.165, 1.54) is 23.1 Å². The molecule has 1 heterocycles. The lowest BCUT2D eigenvalue weighted by molar-refractivity contribution is -0.137. The number of benzene rings is 2. The summed E-state index contributed by atoms with van der Waals surface area (Å²) in [5.74, 6) is -0.400. The van der Waals surface area contributed by atoms with Crippen molar-refractivity contribution >= 4 is 11.8 Å². The molecule has 1 fully saturated rings. The molecule has 1 amide bonds. The molecule has 0 aromatic heterocycles. The topological polar surface area (TPSA) is 43.8 Å². The van der Waals surface area contributed by atoms with Gasteiger partial charge in [-0.2, -0.15) is 13.2 Å². The highest BCUT2D eigenvalue weighted by molar-refractivity contribution is 5.65. The Morgan fingerprint density at radius 2 is 1.75 bits per heavy atom. The van der Waals surface area contributed by atoms with Gasteiger partial charge in [-0.25, -0.2) is 9.18 Å². The SMILES string of the molecule is O=C(O)N1CCC(N(Cc2cccc(C(F)(F)F)c2)c2ccc(F)cc2)CC1. The van der Waals surface area contributed by atoms with Crippen molar-refractivity contribution in [3.8, 4) is 0 Å². The third-order valence-electron chi connectivity index (χ3n) is 4.94. The van der Waals surface area contributed by atoms with Gasteiger partial charge in [-0.05, 0) is 54.8 Å². The van der Waals surface area contributed by atoms with Crippen molar-refractivity contribution in [2.45, 2.75) is 31.6 Å². The van der Waals surface area contributed by atoms with Crippen molar-refractivity contribution in [1.82, 2.24) is 4.90 Å². The van der Waals surface area contributed by atoms with Gasteiger partial charge < -0.3 is 14.9 Å². The molecule has 0 aliphatic carbocycles. The van der Waals surface area contributed by atoms with Crippen LogP contribution in [0.1, 0.15) is 24.0 Å². The molecule has 0 bridgehead atoms. The van der Waals surface area contributed by atoms with Crippen LogP contribution in [-0.4, -0.2) is 35.2 Å². The zero-order valence-electron chi connectivity index (χ0n) is 15.0. The molecule has 0 unspecified atom stereocenters. The maximum atomic E-state index is 13.3. The third-order valence-corrected chi connectivity index (χ3v) is 4.94. The fourth-order valence-corrected chi connectivity index (χ4v) is 3.48. The zero-order valence-corrected chi connectivity index (χ0v) is 15.0. The number of alkyl halides is 3. The molecule has 2 aromatic rings. The monoisotopic (exact) mass is 396 g/mol. The summed E-state index contributed by atoms with van der Waals surface area (Å²) in [6.07, 6.45) is -4.32. The number of nitrogens with zero attached hydrogens (tertiary/aromatic N) is 2. The molecule has 0 spiro atoms. The van der Waals surface area contributed by atoms with Crippen molar-refractivity contribution in [3.05, 3.63) is 65.5 Å². The largest absolute Gasteiger partial charge is 0.465 e. The number of piperidine rings is 1. The van der Waals surface area contributed by atoms with Crippen LogP contribution < -0.4 is 4.90 Å². The maximum Gasteiger partial charge on any atom is 0.416 e. The summed E-state index contributed by atoms with van der Waals surface area (Å²) in [7, 11) is 0. The molecule has 0 saturated carbocycles. The number of amides is 1. The highest BCUT2D eigenvalue weighted by atomic mass is 19.4. The van der Waals surface area contributed by atoms with Crippen molar-refractivity contribution in [1.29, 1.82) is 0 Å². The molecule has 150 valence electrons. The molecular weight excluding hydrogens is 376 g/mol. The van der Waals surface area contributed by atoms with Crippen LogP contribution >= 0.6 is 0 Å². The molecule has 4 nitrogen and oxygen atoms in total. The Kier molecular flexibility index (Phi) is 5.76. The summed E-state index contributed by atoms with van der Waals surface area (Å²) in [5.41, 5.74) is 0.456. The van der Waals surface area contributed by atoms with E-state index in [-0.39, 0.29) is 12.6 Å². The molecule has 3 rings (SSSR count). The third kappa shape index (κ3) is 4.74. The normalized spacial score (nSPS) is 15.5. The van der Waals surface area contributed by atoms with Crippen LogP contribution in [0.2, 0.25) is 0 Å². The summed E-state index contributed by atoms with van der Waals surface area (Å²) in [6.45, 7) is 0.911. The standard InChI is InChI=1S/C20H20F4N2O2/c21-16-4-6-17(7-5-16)26(18-8-10-25(11-9-18)19(27)28)13-14-2-1-3-15(12-14)20(22,23)24/h1-7,12,18H,8-11,13H2,(H,27,28). The Bertz CT molecular complexity index is 816. The zero-order chi connectivity index (χ0) is 20.3. The highest BCUT2D eigenvalue weighted by Crippen LogP contribution is 2.31. The van der Waals surface area contributed by atoms with Gasteiger partial charge in [0.05, 0.1) is 5.56 Å². The van der Waals surface area contributed by atoms with Gasteiger partial charge in [-0.3, -0.25) is 0 Å². The highest BCUT2D eigenvalue weighted by Gasteiger charge is 2.31. The minimum atomic E-state index is -4.43. The first-order valence-electron chi connectivity index (χ1n) is 8.90. The van der Waals surface area contributed by atoms with Gasteiger partial charge in [0.2, 0.25) is 0 Å². The van der Waals surface area contributed by atoms with Crippen molar-refractivity contribution in [2.75, 3.05) is 18.0 Å². The quantitative estimate of drug-likeness (QED) is 0.741. The smallest absolute Gasteiger partial charge is 0.416 e. The molecule has 2 aromatic carbocycles. The maximum absolute atomic E-state index is 13.3.